The van der Waals surface area contributed by atoms with Crippen molar-refractivity contribution < 1.29 is 9.90 Å². The molecule has 1 fully saturated rings. The minimum absolute atomic E-state index is 0.143. The van der Waals surface area contributed by atoms with Crippen LogP contribution < -0.4 is 5.32 Å². The summed E-state index contributed by atoms with van der Waals surface area (Å²) in [5.41, 5.74) is 2.22. The van der Waals surface area contributed by atoms with Gasteiger partial charge in [0.1, 0.15) is 0 Å². The van der Waals surface area contributed by atoms with Crippen LogP contribution in [0.25, 0.3) is 10.9 Å². The number of para-hydroxylation sites is 1. The minimum atomic E-state index is -0.283. The number of carbonyl (C=O) groups excluding carboxylic acids is 1. The van der Waals surface area contributed by atoms with Crippen molar-refractivity contribution in [1.82, 2.24) is 15.3 Å². The van der Waals surface area contributed by atoms with E-state index >= 15 is 0 Å². The molecule has 1 atom stereocenters. The van der Waals surface area contributed by atoms with Gasteiger partial charge in [-0.05, 0) is 43.0 Å². The smallest absolute Gasteiger partial charge is 0.252 e. The maximum atomic E-state index is 12.9. The SMILES string of the molecule is O=C(NC(c1ccccn1)C1CC(O)C1)c1ccnc2ccccc12. The number of rotatable bonds is 4. The van der Waals surface area contributed by atoms with Crippen LogP contribution in [0.2, 0.25) is 0 Å². The van der Waals surface area contributed by atoms with Gasteiger partial charge in [0.2, 0.25) is 0 Å². The van der Waals surface area contributed by atoms with Gasteiger partial charge in [0, 0.05) is 17.8 Å². The van der Waals surface area contributed by atoms with Crippen LogP contribution in [-0.4, -0.2) is 27.1 Å². The Morgan fingerprint density at radius 2 is 1.84 bits per heavy atom. The van der Waals surface area contributed by atoms with E-state index in [4.69, 9.17) is 0 Å². The molecule has 1 aliphatic rings. The third-order valence-electron chi connectivity index (χ3n) is 4.81. The molecule has 25 heavy (non-hydrogen) atoms. The Kier molecular flexibility index (Phi) is 4.15. The van der Waals surface area contributed by atoms with Crippen LogP contribution in [0.5, 0.6) is 0 Å². The summed E-state index contributed by atoms with van der Waals surface area (Å²) >= 11 is 0. The standard InChI is InChI=1S/C20H19N3O2/c24-14-11-13(12-14)19(18-7-3-4-9-21-18)23-20(25)16-8-10-22-17-6-2-1-5-15(16)17/h1-10,13-14,19,24H,11-12H2,(H,23,25). The topological polar surface area (TPSA) is 75.1 Å². The van der Waals surface area contributed by atoms with Gasteiger partial charge in [-0.1, -0.05) is 24.3 Å². The lowest BCUT2D eigenvalue weighted by Crippen LogP contribution is -2.41. The summed E-state index contributed by atoms with van der Waals surface area (Å²) in [4.78, 5) is 21.7. The zero-order valence-corrected chi connectivity index (χ0v) is 13.7. The maximum Gasteiger partial charge on any atom is 0.252 e. The van der Waals surface area contributed by atoms with Crippen molar-refractivity contribution in [3.05, 3.63) is 72.2 Å². The molecule has 0 aliphatic heterocycles. The highest BCUT2D eigenvalue weighted by Crippen LogP contribution is 2.37. The highest BCUT2D eigenvalue weighted by molar-refractivity contribution is 6.06. The molecule has 126 valence electrons. The highest BCUT2D eigenvalue weighted by atomic mass is 16.3. The minimum Gasteiger partial charge on any atom is -0.393 e. The summed E-state index contributed by atoms with van der Waals surface area (Å²) < 4.78 is 0. The molecule has 2 aromatic heterocycles. The van der Waals surface area contributed by atoms with Gasteiger partial charge in [-0.3, -0.25) is 14.8 Å². The van der Waals surface area contributed by atoms with E-state index in [1.165, 1.54) is 0 Å². The van der Waals surface area contributed by atoms with Crippen LogP contribution in [-0.2, 0) is 0 Å². The summed E-state index contributed by atoms with van der Waals surface area (Å²) in [6.07, 6.45) is 4.46. The van der Waals surface area contributed by atoms with Crippen LogP contribution in [0, 0.1) is 5.92 Å². The number of aliphatic hydroxyl groups excluding tert-OH is 1. The first-order valence-corrected chi connectivity index (χ1v) is 8.46. The van der Waals surface area contributed by atoms with Crippen LogP contribution in [0.1, 0.15) is 34.9 Å². The molecule has 4 rings (SSSR count). The van der Waals surface area contributed by atoms with Gasteiger partial charge in [0.05, 0.1) is 28.9 Å². The fourth-order valence-corrected chi connectivity index (χ4v) is 3.41. The van der Waals surface area contributed by atoms with Crippen LogP contribution in [0.3, 0.4) is 0 Å². The zero-order valence-electron chi connectivity index (χ0n) is 13.7. The Hall–Kier alpha value is -2.79. The Morgan fingerprint density at radius 1 is 1.04 bits per heavy atom. The van der Waals surface area contributed by atoms with E-state index in [2.05, 4.69) is 15.3 Å². The lowest BCUT2D eigenvalue weighted by atomic mass is 9.76. The molecule has 0 radical (unpaired) electrons. The fourth-order valence-electron chi connectivity index (χ4n) is 3.41. The van der Waals surface area contributed by atoms with Gasteiger partial charge in [-0.25, -0.2) is 0 Å². The van der Waals surface area contributed by atoms with Crippen molar-refractivity contribution in [2.24, 2.45) is 5.92 Å². The summed E-state index contributed by atoms with van der Waals surface area (Å²) in [6.45, 7) is 0. The Bertz CT molecular complexity index is 886. The third-order valence-corrected chi connectivity index (χ3v) is 4.81. The predicted octanol–water partition coefficient (Wildman–Crippen LogP) is 2.87. The molecule has 5 nitrogen and oxygen atoms in total. The first-order valence-electron chi connectivity index (χ1n) is 8.46. The van der Waals surface area contributed by atoms with Gasteiger partial charge in [0.25, 0.3) is 5.91 Å². The second-order valence-electron chi connectivity index (χ2n) is 6.47. The van der Waals surface area contributed by atoms with E-state index in [-0.39, 0.29) is 24.0 Å². The molecule has 1 amide bonds. The van der Waals surface area contributed by atoms with Crippen molar-refractivity contribution in [3.8, 4) is 0 Å². The molecular weight excluding hydrogens is 314 g/mol. The molecule has 5 heteroatoms. The average Bonchev–Trinajstić information content (AvgIpc) is 2.64. The Balaban J connectivity index is 1.64. The van der Waals surface area contributed by atoms with Gasteiger partial charge >= 0.3 is 0 Å². The van der Waals surface area contributed by atoms with E-state index < -0.39 is 0 Å². The second-order valence-corrected chi connectivity index (χ2v) is 6.47. The predicted molar refractivity (Wildman–Crippen MR) is 94.9 cm³/mol. The van der Waals surface area contributed by atoms with E-state index in [0.29, 0.717) is 18.4 Å². The number of pyridine rings is 2. The van der Waals surface area contributed by atoms with Gasteiger partial charge in [-0.15, -0.1) is 0 Å². The van der Waals surface area contributed by atoms with Crippen molar-refractivity contribution >= 4 is 16.8 Å². The number of benzene rings is 1. The van der Waals surface area contributed by atoms with Crippen molar-refractivity contribution in [2.75, 3.05) is 0 Å². The number of hydrogen-bond donors (Lipinski definition) is 2. The van der Waals surface area contributed by atoms with Crippen molar-refractivity contribution in [1.29, 1.82) is 0 Å². The fraction of sp³-hybridized carbons (Fsp3) is 0.250. The molecule has 2 heterocycles. The number of carbonyl (C=O) groups is 1. The molecule has 1 saturated carbocycles. The third kappa shape index (κ3) is 3.10. The van der Waals surface area contributed by atoms with Gasteiger partial charge in [-0.2, -0.15) is 0 Å². The van der Waals surface area contributed by atoms with E-state index in [0.717, 1.165) is 16.6 Å². The van der Waals surface area contributed by atoms with Crippen molar-refractivity contribution in [2.45, 2.75) is 25.0 Å². The average molecular weight is 333 g/mol. The first kappa shape index (κ1) is 15.7. The quantitative estimate of drug-likeness (QED) is 0.770. The molecule has 3 aromatic rings. The summed E-state index contributed by atoms with van der Waals surface area (Å²) in [5.74, 6) is 0.0533. The first-order chi connectivity index (χ1) is 12.2. The molecule has 0 saturated heterocycles. The molecular formula is C20H19N3O2. The summed E-state index contributed by atoms with van der Waals surface area (Å²) in [6, 6.07) is 14.8. The monoisotopic (exact) mass is 333 g/mol. The van der Waals surface area contributed by atoms with Crippen LogP contribution >= 0.6 is 0 Å². The Labute approximate surface area is 145 Å². The number of aromatic nitrogens is 2. The second kappa shape index (κ2) is 6.61. The largest absolute Gasteiger partial charge is 0.393 e. The molecule has 2 N–H and O–H groups in total. The lowest BCUT2D eigenvalue weighted by molar-refractivity contribution is 0.0228. The number of nitrogens with zero attached hydrogens (tertiary/aromatic N) is 2. The highest BCUT2D eigenvalue weighted by Gasteiger charge is 2.36. The summed E-state index contributed by atoms with van der Waals surface area (Å²) in [7, 11) is 0. The van der Waals surface area contributed by atoms with Gasteiger partial charge in [0.15, 0.2) is 0 Å². The van der Waals surface area contributed by atoms with Crippen molar-refractivity contribution in [3.63, 3.8) is 0 Å². The van der Waals surface area contributed by atoms with Crippen LogP contribution in [0.4, 0.5) is 0 Å². The normalized spacial score (nSPS) is 20.7. The van der Waals surface area contributed by atoms with Gasteiger partial charge < -0.3 is 10.4 Å². The van der Waals surface area contributed by atoms with E-state index in [9.17, 15) is 9.90 Å². The number of amides is 1. The number of nitrogens with one attached hydrogen (secondary N) is 1. The molecule has 0 spiro atoms. The summed E-state index contributed by atoms with van der Waals surface area (Å²) in [5, 5.41) is 13.6. The number of aliphatic hydroxyl groups is 1. The molecule has 1 unspecified atom stereocenters. The van der Waals surface area contributed by atoms with E-state index in [1.807, 2.05) is 42.5 Å². The van der Waals surface area contributed by atoms with E-state index in [1.54, 1.807) is 18.5 Å². The number of fused-ring (bicyclic) bond motifs is 1. The number of hydrogen-bond acceptors (Lipinski definition) is 4. The lowest BCUT2D eigenvalue weighted by Gasteiger charge is -2.37. The molecule has 1 aliphatic carbocycles. The zero-order chi connectivity index (χ0) is 17.2. The molecule has 0 bridgehead atoms. The maximum absolute atomic E-state index is 12.9. The Morgan fingerprint density at radius 3 is 2.60 bits per heavy atom. The van der Waals surface area contributed by atoms with Crippen LogP contribution in [0.15, 0.2) is 60.9 Å². The molecule has 1 aromatic carbocycles.